The number of esters is 1. The molecule has 0 bridgehead atoms. The first-order valence-corrected chi connectivity index (χ1v) is 8.15. The minimum absolute atomic E-state index is 0.343. The largest absolute Gasteiger partial charge is 0.454 e. The molecule has 0 radical (unpaired) electrons. The van der Waals surface area contributed by atoms with Crippen LogP contribution in [0.2, 0.25) is 0 Å². The lowest BCUT2D eigenvalue weighted by Crippen LogP contribution is -2.32. The standard InChI is InChI=1S/C17H15N3O4S/c1-11-2-4-12(5-3-11)16(23)19-9-15(22)24-10-14(21)20-17-13(8-18)6-7-25-17/h2-7H,9-10H2,1H3,(H,19,23)(H,20,21). The predicted molar refractivity (Wildman–Crippen MR) is 92.1 cm³/mol. The van der Waals surface area contributed by atoms with Crippen LogP contribution >= 0.6 is 11.3 Å². The van der Waals surface area contributed by atoms with E-state index in [1.165, 1.54) is 11.3 Å². The Morgan fingerprint density at radius 3 is 2.60 bits per heavy atom. The molecule has 2 amide bonds. The fourth-order valence-corrected chi connectivity index (χ4v) is 2.57. The van der Waals surface area contributed by atoms with Crippen LogP contribution in [0.3, 0.4) is 0 Å². The van der Waals surface area contributed by atoms with Crippen LogP contribution in [0.4, 0.5) is 5.00 Å². The van der Waals surface area contributed by atoms with Crippen molar-refractivity contribution in [2.75, 3.05) is 18.5 Å². The summed E-state index contributed by atoms with van der Waals surface area (Å²) in [4.78, 5) is 35.1. The van der Waals surface area contributed by atoms with Crippen molar-refractivity contribution < 1.29 is 19.1 Å². The second-order valence-electron chi connectivity index (χ2n) is 5.03. The number of amides is 2. The van der Waals surface area contributed by atoms with Gasteiger partial charge in [-0.05, 0) is 30.5 Å². The number of hydrogen-bond donors (Lipinski definition) is 2. The number of carbonyl (C=O) groups excluding carboxylic acids is 3. The molecule has 25 heavy (non-hydrogen) atoms. The summed E-state index contributed by atoms with van der Waals surface area (Å²) in [6.07, 6.45) is 0. The third-order valence-electron chi connectivity index (χ3n) is 3.11. The van der Waals surface area contributed by atoms with Gasteiger partial charge in [0.2, 0.25) is 0 Å². The lowest BCUT2D eigenvalue weighted by atomic mass is 10.1. The number of carbonyl (C=O) groups is 3. The van der Waals surface area contributed by atoms with Gasteiger partial charge in [-0.2, -0.15) is 5.26 Å². The molecule has 0 aliphatic carbocycles. The van der Waals surface area contributed by atoms with Gasteiger partial charge in [0.05, 0.1) is 5.56 Å². The van der Waals surface area contributed by atoms with E-state index in [-0.39, 0.29) is 6.54 Å². The highest BCUT2D eigenvalue weighted by molar-refractivity contribution is 7.14. The van der Waals surface area contributed by atoms with Gasteiger partial charge in [-0.25, -0.2) is 0 Å². The summed E-state index contributed by atoms with van der Waals surface area (Å²) < 4.78 is 4.79. The van der Waals surface area contributed by atoms with Crippen molar-refractivity contribution in [3.05, 3.63) is 52.4 Å². The van der Waals surface area contributed by atoms with E-state index in [1.54, 1.807) is 35.7 Å². The summed E-state index contributed by atoms with van der Waals surface area (Å²) in [6.45, 7) is 1.06. The highest BCUT2D eigenvalue weighted by Crippen LogP contribution is 2.21. The number of thiophene rings is 1. The number of nitriles is 1. The summed E-state index contributed by atoms with van der Waals surface area (Å²) in [5, 5.41) is 15.8. The predicted octanol–water partition coefficient (Wildman–Crippen LogP) is 1.84. The lowest BCUT2D eigenvalue weighted by molar-refractivity contribution is -0.146. The minimum Gasteiger partial charge on any atom is -0.454 e. The molecule has 128 valence electrons. The van der Waals surface area contributed by atoms with Crippen LogP contribution in [0.25, 0.3) is 0 Å². The van der Waals surface area contributed by atoms with E-state index in [0.29, 0.717) is 16.1 Å². The van der Waals surface area contributed by atoms with Crippen molar-refractivity contribution in [1.29, 1.82) is 5.26 Å². The van der Waals surface area contributed by atoms with Crippen LogP contribution in [0.1, 0.15) is 21.5 Å². The highest BCUT2D eigenvalue weighted by Gasteiger charge is 2.12. The molecule has 2 N–H and O–H groups in total. The lowest BCUT2D eigenvalue weighted by Gasteiger charge is -2.07. The molecule has 2 aromatic rings. The van der Waals surface area contributed by atoms with Crippen molar-refractivity contribution >= 4 is 34.1 Å². The van der Waals surface area contributed by atoms with Crippen molar-refractivity contribution in [3.63, 3.8) is 0 Å². The number of rotatable bonds is 6. The van der Waals surface area contributed by atoms with Crippen molar-refractivity contribution in [2.24, 2.45) is 0 Å². The molecular weight excluding hydrogens is 342 g/mol. The molecule has 2 rings (SSSR count). The molecule has 0 fully saturated rings. The molecule has 0 saturated carbocycles. The summed E-state index contributed by atoms with van der Waals surface area (Å²) >= 11 is 1.20. The monoisotopic (exact) mass is 357 g/mol. The van der Waals surface area contributed by atoms with Gasteiger partial charge in [-0.15, -0.1) is 11.3 Å². The summed E-state index contributed by atoms with van der Waals surface area (Å²) in [7, 11) is 0. The summed E-state index contributed by atoms with van der Waals surface area (Å²) in [5.41, 5.74) is 1.79. The molecule has 0 atom stereocenters. The maximum atomic E-state index is 11.9. The van der Waals surface area contributed by atoms with E-state index < -0.39 is 24.4 Å². The smallest absolute Gasteiger partial charge is 0.325 e. The van der Waals surface area contributed by atoms with E-state index in [1.807, 2.05) is 13.0 Å². The van der Waals surface area contributed by atoms with Gasteiger partial charge in [0.1, 0.15) is 17.6 Å². The third-order valence-corrected chi connectivity index (χ3v) is 3.94. The first-order valence-electron chi connectivity index (χ1n) is 7.27. The van der Waals surface area contributed by atoms with E-state index in [0.717, 1.165) is 5.56 Å². The molecule has 0 saturated heterocycles. The Hall–Kier alpha value is -3.18. The number of nitrogens with zero attached hydrogens (tertiary/aromatic N) is 1. The van der Waals surface area contributed by atoms with E-state index in [4.69, 9.17) is 10.00 Å². The topological polar surface area (TPSA) is 108 Å². The minimum atomic E-state index is -0.734. The van der Waals surface area contributed by atoms with Crippen LogP contribution < -0.4 is 10.6 Å². The Kier molecular flexibility index (Phi) is 6.26. The first-order chi connectivity index (χ1) is 12.0. The van der Waals surface area contributed by atoms with Gasteiger partial charge >= 0.3 is 5.97 Å². The van der Waals surface area contributed by atoms with Crippen molar-refractivity contribution in [1.82, 2.24) is 5.32 Å². The Labute approximate surface area is 148 Å². The average molecular weight is 357 g/mol. The third kappa shape index (κ3) is 5.44. The average Bonchev–Trinajstić information content (AvgIpc) is 3.05. The zero-order valence-electron chi connectivity index (χ0n) is 13.4. The number of benzene rings is 1. The second-order valence-corrected chi connectivity index (χ2v) is 5.95. The molecule has 1 aromatic heterocycles. The van der Waals surface area contributed by atoms with Crippen LogP contribution in [-0.2, 0) is 14.3 Å². The van der Waals surface area contributed by atoms with Gasteiger partial charge < -0.3 is 15.4 Å². The summed E-state index contributed by atoms with van der Waals surface area (Å²) in [5.74, 6) is -1.70. The Morgan fingerprint density at radius 1 is 1.20 bits per heavy atom. The quantitative estimate of drug-likeness (QED) is 0.767. The molecule has 0 aliphatic heterocycles. The number of hydrogen-bond acceptors (Lipinski definition) is 6. The number of anilines is 1. The number of ether oxygens (including phenoxy) is 1. The Balaban J connectivity index is 1.73. The number of nitrogens with one attached hydrogen (secondary N) is 2. The highest BCUT2D eigenvalue weighted by atomic mass is 32.1. The molecule has 7 nitrogen and oxygen atoms in total. The van der Waals surface area contributed by atoms with Crippen LogP contribution in [0.5, 0.6) is 0 Å². The molecule has 8 heteroatoms. The van der Waals surface area contributed by atoms with Gasteiger partial charge in [-0.3, -0.25) is 14.4 Å². The second kappa shape index (κ2) is 8.61. The zero-order chi connectivity index (χ0) is 18.2. The Bertz CT molecular complexity index is 821. The number of aryl methyl sites for hydroxylation is 1. The molecule has 0 unspecified atom stereocenters. The van der Waals surface area contributed by atoms with E-state index in [9.17, 15) is 14.4 Å². The van der Waals surface area contributed by atoms with Crippen molar-refractivity contribution in [2.45, 2.75) is 6.92 Å². The molecule has 0 spiro atoms. The fourth-order valence-electron chi connectivity index (χ4n) is 1.81. The molecule has 1 aromatic carbocycles. The van der Waals surface area contributed by atoms with E-state index >= 15 is 0 Å². The van der Waals surface area contributed by atoms with Gasteiger partial charge in [-0.1, -0.05) is 17.7 Å². The van der Waals surface area contributed by atoms with Gasteiger partial charge in [0, 0.05) is 5.56 Å². The van der Waals surface area contributed by atoms with Crippen molar-refractivity contribution in [3.8, 4) is 6.07 Å². The van der Waals surface area contributed by atoms with Crippen LogP contribution in [-0.4, -0.2) is 30.9 Å². The van der Waals surface area contributed by atoms with Crippen LogP contribution in [0.15, 0.2) is 35.7 Å². The molecule has 1 heterocycles. The summed E-state index contributed by atoms with van der Waals surface area (Å²) in [6, 6.07) is 10.4. The van der Waals surface area contributed by atoms with Gasteiger partial charge in [0.15, 0.2) is 6.61 Å². The SMILES string of the molecule is Cc1ccc(C(=O)NCC(=O)OCC(=O)Nc2sccc2C#N)cc1. The van der Waals surface area contributed by atoms with Crippen LogP contribution in [0, 0.1) is 18.3 Å². The van der Waals surface area contributed by atoms with E-state index in [2.05, 4.69) is 10.6 Å². The normalized spacial score (nSPS) is 9.76. The van der Waals surface area contributed by atoms with Gasteiger partial charge in [0.25, 0.3) is 11.8 Å². The zero-order valence-corrected chi connectivity index (χ0v) is 14.2. The fraction of sp³-hybridized carbons (Fsp3) is 0.176. The molecular formula is C17H15N3O4S. The maximum Gasteiger partial charge on any atom is 0.325 e. The maximum absolute atomic E-state index is 11.9. The first kappa shape index (κ1) is 18.2. The Morgan fingerprint density at radius 2 is 1.92 bits per heavy atom. The molecule has 0 aliphatic rings.